The van der Waals surface area contributed by atoms with Crippen molar-refractivity contribution >= 4 is 29.3 Å². The number of halogens is 1. The second-order valence-corrected chi connectivity index (χ2v) is 3.67. The van der Waals surface area contributed by atoms with Crippen molar-refractivity contribution < 1.29 is 23.9 Å². The number of hydrogen-bond acceptors (Lipinski definition) is 5. The Morgan fingerprint density at radius 3 is 2.11 bits per heavy atom. The molecule has 18 heavy (non-hydrogen) atoms. The van der Waals surface area contributed by atoms with Crippen LogP contribution in [0.3, 0.4) is 0 Å². The summed E-state index contributed by atoms with van der Waals surface area (Å²) in [5.41, 5.74) is 0.275. The van der Waals surface area contributed by atoms with Crippen LogP contribution < -0.4 is 9.47 Å². The topological polar surface area (TPSA) is 69.7 Å². The average molecular weight is 271 g/mol. The van der Waals surface area contributed by atoms with E-state index in [2.05, 4.69) is 0 Å². The van der Waals surface area contributed by atoms with Crippen LogP contribution in [0.2, 0.25) is 0 Å². The summed E-state index contributed by atoms with van der Waals surface area (Å²) in [6.45, 7) is 2.42. The smallest absolute Gasteiger partial charge is 0.308 e. The minimum atomic E-state index is -0.584. The molecule has 0 aliphatic rings. The molecule has 0 radical (unpaired) electrons. The van der Waals surface area contributed by atoms with E-state index in [1.54, 1.807) is 0 Å². The van der Waals surface area contributed by atoms with E-state index in [0.717, 1.165) is 0 Å². The number of esters is 2. The summed E-state index contributed by atoms with van der Waals surface area (Å²) >= 11 is 5.43. The molecule has 0 aliphatic heterocycles. The predicted octanol–water partition coefficient (Wildman–Crippen LogP) is 1.96. The molecule has 0 unspecified atom stereocenters. The zero-order chi connectivity index (χ0) is 13.7. The van der Waals surface area contributed by atoms with E-state index in [0.29, 0.717) is 0 Å². The van der Waals surface area contributed by atoms with Crippen LogP contribution in [0.4, 0.5) is 0 Å². The molecule has 0 spiro atoms. The highest BCUT2D eigenvalue weighted by atomic mass is 35.5. The number of Topliss-reactive ketones (excluding diaryl/α,β-unsaturated/α-hetero) is 1. The number of alkyl halides is 1. The van der Waals surface area contributed by atoms with Gasteiger partial charge in [-0.05, 0) is 18.2 Å². The summed E-state index contributed by atoms with van der Waals surface area (Å²) in [4.78, 5) is 33.2. The van der Waals surface area contributed by atoms with E-state index in [1.807, 2.05) is 0 Å². The Hall–Kier alpha value is -1.88. The van der Waals surface area contributed by atoms with Crippen molar-refractivity contribution in [2.45, 2.75) is 13.8 Å². The van der Waals surface area contributed by atoms with Gasteiger partial charge in [-0.25, -0.2) is 0 Å². The van der Waals surface area contributed by atoms with Gasteiger partial charge in [0.15, 0.2) is 17.3 Å². The molecule has 0 aliphatic carbocycles. The summed E-state index contributed by atoms with van der Waals surface area (Å²) in [5, 5.41) is 0. The van der Waals surface area contributed by atoms with Gasteiger partial charge in [-0.2, -0.15) is 0 Å². The molecular formula is C12H11ClO5. The lowest BCUT2D eigenvalue weighted by Gasteiger charge is -2.09. The summed E-state index contributed by atoms with van der Waals surface area (Å²) < 4.78 is 9.72. The SMILES string of the molecule is CC(=O)Oc1ccc(C(=O)CCl)cc1OC(C)=O. The normalized spacial score (nSPS) is 9.72. The van der Waals surface area contributed by atoms with Gasteiger partial charge in [0, 0.05) is 19.4 Å². The molecule has 1 rings (SSSR count). The van der Waals surface area contributed by atoms with E-state index in [-0.39, 0.29) is 28.7 Å². The van der Waals surface area contributed by atoms with E-state index in [1.165, 1.54) is 32.0 Å². The van der Waals surface area contributed by atoms with Gasteiger partial charge in [0.05, 0.1) is 5.88 Å². The minimum Gasteiger partial charge on any atom is -0.423 e. The third-order valence-electron chi connectivity index (χ3n) is 1.89. The summed E-state index contributed by atoms with van der Waals surface area (Å²) in [6, 6.07) is 4.12. The molecule has 5 nitrogen and oxygen atoms in total. The summed E-state index contributed by atoms with van der Waals surface area (Å²) in [7, 11) is 0. The fraction of sp³-hybridized carbons (Fsp3) is 0.250. The largest absolute Gasteiger partial charge is 0.423 e. The first-order valence-electron chi connectivity index (χ1n) is 5.04. The van der Waals surface area contributed by atoms with Crippen LogP contribution in [0.25, 0.3) is 0 Å². The first kappa shape index (κ1) is 14.2. The quantitative estimate of drug-likeness (QED) is 0.362. The van der Waals surface area contributed by atoms with E-state index >= 15 is 0 Å². The molecule has 0 atom stereocenters. The monoisotopic (exact) mass is 270 g/mol. The number of benzene rings is 1. The van der Waals surface area contributed by atoms with Crippen LogP contribution in [-0.2, 0) is 9.59 Å². The van der Waals surface area contributed by atoms with Crippen LogP contribution in [0, 0.1) is 0 Å². The van der Waals surface area contributed by atoms with E-state index in [4.69, 9.17) is 21.1 Å². The third-order valence-corrected chi connectivity index (χ3v) is 2.14. The first-order chi connectivity index (χ1) is 8.43. The second-order valence-electron chi connectivity index (χ2n) is 3.41. The van der Waals surface area contributed by atoms with Gasteiger partial charge >= 0.3 is 11.9 Å². The standard InChI is InChI=1S/C12H11ClO5/c1-7(14)17-11-4-3-9(10(16)6-13)5-12(11)18-8(2)15/h3-5H,6H2,1-2H3. The Bertz CT molecular complexity index is 495. The van der Waals surface area contributed by atoms with Crippen molar-refractivity contribution in [1.82, 2.24) is 0 Å². The number of ether oxygens (including phenoxy) is 2. The van der Waals surface area contributed by atoms with Crippen LogP contribution in [-0.4, -0.2) is 23.6 Å². The molecule has 0 saturated heterocycles. The lowest BCUT2D eigenvalue weighted by molar-refractivity contribution is -0.134. The molecular weight excluding hydrogens is 260 g/mol. The molecule has 6 heteroatoms. The predicted molar refractivity (Wildman–Crippen MR) is 64.1 cm³/mol. The number of carbonyl (C=O) groups excluding carboxylic acids is 3. The molecule has 1 aromatic rings. The van der Waals surface area contributed by atoms with Gasteiger partial charge in [0.1, 0.15) is 0 Å². The highest BCUT2D eigenvalue weighted by Gasteiger charge is 2.13. The first-order valence-corrected chi connectivity index (χ1v) is 5.57. The van der Waals surface area contributed by atoms with Crippen LogP contribution >= 0.6 is 11.6 Å². The molecule has 0 fully saturated rings. The molecule has 0 N–H and O–H groups in total. The molecule has 0 aromatic heterocycles. The van der Waals surface area contributed by atoms with Crippen molar-refractivity contribution in [2.24, 2.45) is 0 Å². The fourth-order valence-corrected chi connectivity index (χ4v) is 1.39. The average Bonchev–Trinajstić information content (AvgIpc) is 2.29. The van der Waals surface area contributed by atoms with Crippen molar-refractivity contribution in [2.75, 3.05) is 5.88 Å². The Labute approximate surface area is 109 Å². The van der Waals surface area contributed by atoms with Crippen LogP contribution in [0.1, 0.15) is 24.2 Å². The maximum Gasteiger partial charge on any atom is 0.308 e. The fourth-order valence-electron chi connectivity index (χ4n) is 1.23. The number of ketones is 1. The molecule has 0 saturated carbocycles. The van der Waals surface area contributed by atoms with E-state index in [9.17, 15) is 14.4 Å². The highest BCUT2D eigenvalue weighted by Crippen LogP contribution is 2.29. The van der Waals surface area contributed by atoms with Crippen molar-refractivity contribution in [3.05, 3.63) is 23.8 Å². The Morgan fingerprint density at radius 1 is 1.06 bits per heavy atom. The van der Waals surface area contributed by atoms with Gasteiger partial charge in [0.25, 0.3) is 0 Å². The third kappa shape index (κ3) is 3.85. The number of hydrogen-bond donors (Lipinski definition) is 0. The van der Waals surface area contributed by atoms with Gasteiger partial charge < -0.3 is 9.47 Å². The van der Waals surface area contributed by atoms with Gasteiger partial charge in [-0.1, -0.05) is 0 Å². The van der Waals surface area contributed by atoms with Crippen LogP contribution in [0.5, 0.6) is 11.5 Å². The number of carbonyl (C=O) groups is 3. The Morgan fingerprint density at radius 2 is 1.61 bits per heavy atom. The summed E-state index contributed by atoms with van der Waals surface area (Å²) in [6.07, 6.45) is 0. The zero-order valence-corrected chi connectivity index (χ0v) is 10.6. The number of rotatable bonds is 4. The lowest BCUT2D eigenvalue weighted by Crippen LogP contribution is -2.09. The van der Waals surface area contributed by atoms with Gasteiger partial charge in [-0.3, -0.25) is 14.4 Å². The molecule has 0 heterocycles. The maximum absolute atomic E-state index is 11.4. The second kappa shape index (κ2) is 6.16. The highest BCUT2D eigenvalue weighted by molar-refractivity contribution is 6.30. The summed E-state index contributed by atoms with van der Waals surface area (Å²) in [5.74, 6) is -1.57. The lowest BCUT2D eigenvalue weighted by atomic mass is 10.1. The van der Waals surface area contributed by atoms with Crippen molar-refractivity contribution in [3.8, 4) is 11.5 Å². The molecule has 96 valence electrons. The van der Waals surface area contributed by atoms with Crippen molar-refractivity contribution in [3.63, 3.8) is 0 Å². The van der Waals surface area contributed by atoms with Crippen molar-refractivity contribution in [1.29, 1.82) is 0 Å². The maximum atomic E-state index is 11.4. The van der Waals surface area contributed by atoms with E-state index < -0.39 is 11.9 Å². The van der Waals surface area contributed by atoms with Gasteiger partial charge in [-0.15, -0.1) is 11.6 Å². The Kier molecular flexibility index (Phi) is 4.85. The molecule has 1 aromatic carbocycles. The minimum absolute atomic E-state index is 0.00802. The molecule has 0 bridgehead atoms. The molecule has 0 amide bonds. The van der Waals surface area contributed by atoms with Gasteiger partial charge in [0.2, 0.25) is 0 Å². The van der Waals surface area contributed by atoms with Crippen LogP contribution in [0.15, 0.2) is 18.2 Å². The Balaban J connectivity index is 3.15. The zero-order valence-electron chi connectivity index (χ0n) is 9.86.